The van der Waals surface area contributed by atoms with Crippen LogP contribution in [0.25, 0.3) is 6.08 Å². The van der Waals surface area contributed by atoms with E-state index in [-0.39, 0.29) is 0 Å². The van der Waals surface area contributed by atoms with Gasteiger partial charge in [-0.2, -0.15) is 15.4 Å². The van der Waals surface area contributed by atoms with E-state index < -0.39 is 0 Å². The molecule has 4 rings (SSSR count). The number of carbonyl (C=O) groups excluding carboxylic acids is 1. The van der Waals surface area contributed by atoms with E-state index in [4.69, 9.17) is 0 Å². The standard InChI is InChI=1S/C13H12O.C2H3N3/c14-13-7-3-6-11-10-5-2-1-4-9(10)8-12(11)13;1-2-4-5-3-1/h1-2,4-5,8,11H,3,6-7H2;1-2H,(H,3,4,5). The van der Waals surface area contributed by atoms with Crippen molar-refractivity contribution in [2.45, 2.75) is 25.2 Å². The highest BCUT2D eigenvalue weighted by atomic mass is 16.1. The first kappa shape index (κ1) is 11.8. The van der Waals surface area contributed by atoms with Crippen LogP contribution < -0.4 is 0 Å². The zero-order valence-corrected chi connectivity index (χ0v) is 10.5. The Morgan fingerprint density at radius 1 is 1.16 bits per heavy atom. The van der Waals surface area contributed by atoms with E-state index in [2.05, 4.69) is 39.7 Å². The summed E-state index contributed by atoms with van der Waals surface area (Å²) in [5.74, 6) is 0.768. The lowest BCUT2D eigenvalue weighted by Crippen LogP contribution is -2.14. The lowest BCUT2D eigenvalue weighted by atomic mass is 9.83. The first-order valence-corrected chi connectivity index (χ1v) is 6.49. The topological polar surface area (TPSA) is 58.6 Å². The van der Waals surface area contributed by atoms with Gasteiger partial charge in [0.05, 0.1) is 12.4 Å². The minimum atomic E-state index is 0.359. The minimum absolute atomic E-state index is 0.359. The van der Waals surface area contributed by atoms with Crippen LogP contribution in [0.5, 0.6) is 0 Å². The van der Waals surface area contributed by atoms with E-state index in [1.807, 2.05) is 6.07 Å². The Morgan fingerprint density at radius 3 is 2.68 bits per heavy atom. The van der Waals surface area contributed by atoms with Crippen LogP contribution in [-0.2, 0) is 4.79 Å². The van der Waals surface area contributed by atoms with Gasteiger partial charge in [0.2, 0.25) is 0 Å². The van der Waals surface area contributed by atoms with Crippen molar-refractivity contribution in [2.75, 3.05) is 0 Å². The fraction of sp³-hybridized carbons (Fsp3) is 0.267. The van der Waals surface area contributed by atoms with E-state index in [9.17, 15) is 4.79 Å². The largest absolute Gasteiger partial charge is 0.295 e. The molecule has 1 saturated carbocycles. The Bertz CT molecular complexity index is 584. The Kier molecular flexibility index (Phi) is 3.23. The summed E-state index contributed by atoms with van der Waals surface area (Å²) in [6.45, 7) is 0. The molecule has 1 atom stereocenters. The number of nitrogens with zero attached hydrogens (tertiary/aromatic N) is 2. The molecule has 0 saturated heterocycles. The Balaban J connectivity index is 0.000000187. The van der Waals surface area contributed by atoms with Crippen molar-refractivity contribution in [3.63, 3.8) is 0 Å². The van der Waals surface area contributed by atoms with Gasteiger partial charge < -0.3 is 0 Å². The number of aromatic amines is 1. The van der Waals surface area contributed by atoms with Gasteiger partial charge in [0.15, 0.2) is 5.78 Å². The third-order valence-corrected chi connectivity index (χ3v) is 3.61. The van der Waals surface area contributed by atoms with Crippen LogP contribution in [0, 0.1) is 0 Å². The quantitative estimate of drug-likeness (QED) is 0.785. The average molecular weight is 253 g/mol. The van der Waals surface area contributed by atoms with Crippen molar-refractivity contribution < 1.29 is 4.79 Å². The maximum Gasteiger partial charge on any atom is 0.159 e. The van der Waals surface area contributed by atoms with E-state index in [1.54, 1.807) is 12.4 Å². The number of hydrogen-bond acceptors (Lipinski definition) is 3. The summed E-state index contributed by atoms with van der Waals surface area (Å²) in [6.07, 6.45) is 8.20. The number of hydrogen-bond donors (Lipinski definition) is 1. The monoisotopic (exact) mass is 253 g/mol. The van der Waals surface area contributed by atoms with Gasteiger partial charge in [0.1, 0.15) is 0 Å². The second-order valence-corrected chi connectivity index (χ2v) is 4.75. The Labute approximate surface area is 111 Å². The van der Waals surface area contributed by atoms with Gasteiger partial charge in [0.25, 0.3) is 0 Å². The Morgan fingerprint density at radius 2 is 1.95 bits per heavy atom. The summed E-state index contributed by atoms with van der Waals surface area (Å²) in [6, 6.07) is 8.36. The molecule has 1 unspecified atom stereocenters. The van der Waals surface area contributed by atoms with Gasteiger partial charge in [-0.05, 0) is 30.0 Å². The SMILES string of the molecule is O=C1CCCC2C1=Cc1ccccc12.c1cn[nH]n1. The summed E-state index contributed by atoms with van der Waals surface area (Å²) >= 11 is 0. The average Bonchev–Trinajstić information content (AvgIpc) is 3.10. The van der Waals surface area contributed by atoms with E-state index >= 15 is 0 Å². The predicted molar refractivity (Wildman–Crippen MR) is 72.4 cm³/mol. The zero-order chi connectivity index (χ0) is 13.1. The van der Waals surface area contributed by atoms with Crippen molar-refractivity contribution in [1.29, 1.82) is 0 Å². The fourth-order valence-electron chi connectivity index (χ4n) is 2.76. The van der Waals surface area contributed by atoms with Crippen LogP contribution in [0.3, 0.4) is 0 Å². The lowest BCUT2D eigenvalue weighted by molar-refractivity contribution is -0.116. The van der Waals surface area contributed by atoms with Crippen LogP contribution in [0.1, 0.15) is 36.3 Å². The molecule has 0 bridgehead atoms. The third-order valence-electron chi connectivity index (χ3n) is 3.61. The second-order valence-electron chi connectivity index (χ2n) is 4.75. The highest BCUT2D eigenvalue weighted by molar-refractivity contribution is 6.03. The predicted octanol–water partition coefficient (Wildman–Crippen LogP) is 2.72. The van der Waals surface area contributed by atoms with Gasteiger partial charge in [-0.1, -0.05) is 24.3 Å². The maximum absolute atomic E-state index is 11.7. The molecule has 1 N–H and O–H groups in total. The molecule has 0 spiro atoms. The minimum Gasteiger partial charge on any atom is -0.295 e. The number of nitrogens with one attached hydrogen (secondary N) is 1. The molecule has 1 heterocycles. The van der Waals surface area contributed by atoms with Crippen LogP contribution in [0.2, 0.25) is 0 Å². The fourth-order valence-corrected chi connectivity index (χ4v) is 2.76. The third kappa shape index (κ3) is 2.34. The number of allylic oxidation sites excluding steroid dienone is 1. The molecule has 19 heavy (non-hydrogen) atoms. The van der Waals surface area contributed by atoms with Crippen molar-refractivity contribution in [2.24, 2.45) is 0 Å². The molecule has 0 aliphatic heterocycles. The van der Waals surface area contributed by atoms with Gasteiger partial charge in [-0.25, -0.2) is 0 Å². The number of aromatic nitrogens is 3. The van der Waals surface area contributed by atoms with E-state index in [0.29, 0.717) is 11.7 Å². The zero-order valence-electron chi connectivity index (χ0n) is 10.5. The molecule has 2 aliphatic rings. The van der Waals surface area contributed by atoms with Crippen molar-refractivity contribution in [3.8, 4) is 0 Å². The lowest BCUT2D eigenvalue weighted by Gasteiger charge is -2.20. The number of rotatable bonds is 0. The van der Waals surface area contributed by atoms with Gasteiger partial charge in [0, 0.05) is 17.9 Å². The summed E-state index contributed by atoms with van der Waals surface area (Å²) in [7, 11) is 0. The summed E-state index contributed by atoms with van der Waals surface area (Å²) in [5, 5.41) is 9.33. The molecule has 4 heteroatoms. The van der Waals surface area contributed by atoms with Crippen LogP contribution >= 0.6 is 0 Å². The second kappa shape index (κ2) is 5.18. The van der Waals surface area contributed by atoms with Crippen molar-refractivity contribution in [3.05, 3.63) is 53.4 Å². The number of benzene rings is 1. The highest BCUT2D eigenvalue weighted by Gasteiger charge is 2.31. The highest BCUT2D eigenvalue weighted by Crippen LogP contribution is 2.43. The number of H-pyrrole nitrogens is 1. The molecular formula is C15H15N3O. The number of Topliss-reactive ketones (excluding diaryl/α,β-unsaturated/α-hetero) is 1. The number of ketones is 1. The van der Waals surface area contributed by atoms with Gasteiger partial charge in [-0.3, -0.25) is 4.79 Å². The number of fused-ring (bicyclic) bond motifs is 3. The van der Waals surface area contributed by atoms with Crippen LogP contribution in [0.15, 0.2) is 42.2 Å². The molecule has 0 amide bonds. The summed E-state index contributed by atoms with van der Waals surface area (Å²) in [5.41, 5.74) is 3.66. The van der Waals surface area contributed by atoms with Gasteiger partial charge in [-0.15, -0.1) is 0 Å². The smallest absolute Gasteiger partial charge is 0.159 e. The normalized spacial score (nSPS) is 19.9. The Hall–Kier alpha value is -2.23. The maximum atomic E-state index is 11.7. The van der Waals surface area contributed by atoms with Crippen molar-refractivity contribution >= 4 is 11.9 Å². The molecule has 4 nitrogen and oxygen atoms in total. The first-order valence-electron chi connectivity index (χ1n) is 6.49. The molecule has 0 radical (unpaired) electrons. The van der Waals surface area contributed by atoms with Crippen molar-refractivity contribution in [1.82, 2.24) is 15.4 Å². The van der Waals surface area contributed by atoms with E-state index in [0.717, 1.165) is 24.8 Å². The van der Waals surface area contributed by atoms with Crippen LogP contribution in [-0.4, -0.2) is 21.2 Å². The first-order chi connectivity index (χ1) is 9.36. The molecule has 96 valence electrons. The van der Waals surface area contributed by atoms with Crippen LogP contribution in [0.4, 0.5) is 0 Å². The van der Waals surface area contributed by atoms with E-state index in [1.165, 1.54) is 11.1 Å². The summed E-state index contributed by atoms with van der Waals surface area (Å²) in [4.78, 5) is 11.7. The molecule has 2 aliphatic carbocycles. The molecule has 1 aromatic carbocycles. The molecule has 1 aromatic heterocycles. The summed E-state index contributed by atoms with van der Waals surface area (Å²) < 4.78 is 0. The molecule has 2 aromatic rings. The molecular weight excluding hydrogens is 238 g/mol. The number of carbonyl (C=O) groups is 1. The van der Waals surface area contributed by atoms with Gasteiger partial charge >= 0.3 is 0 Å². The molecule has 1 fully saturated rings.